The Balaban J connectivity index is 1.96. The number of aldehydes is 1. The number of aliphatic hydroxyl groups is 1. The van der Waals surface area contributed by atoms with E-state index in [1.54, 1.807) is 24.3 Å². The standard InChI is InChI=1S/C23H36N2O6/c24-22(28)18-12-14-19(15-13-18)31-17-8-6-4-2-1-3-5-7-11-21(27)25-20(23(29)30)10-9-16-26/h12-16,20-21,25,27H,1-11,17H2,(H2,24,28)(H,29,30)/t20-,21?/m0/s1. The second kappa shape index (κ2) is 16.3. The number of benzene rings is 1. The smallest absolute Gasteiger partial charge is 0.320 e. The van der Waals surface area contributed by atoms with Crippen LogP contribution in [-0.2, 0) is 9.59 Å². The van der Waals surface area contributed by atoms with Crippen molar-refractivity contribution < 1.29 is 29.3 Å². The average Bonchev–Trinajstić information content (AvgIpc) is 2.75. The molecule has 0 fully saturated rings. The van der Waals surface area contributed by atoms with Crippen molar-refractivity contribution in [3.63, 3.8) is 0 Å². The number of primary amides is 1. The van der Waals surface area contributed by atoms with Gasteiger partial charge in [0.1, 0.15) is 24.3 Å². The van der Waals surface area contributed by atoms with Crippen LogP contribution in [0.2, 0.25) is 0 Å². The van der Waals surface area contributed by atoms with Crippen molar-refractivity contribution in [1.29, 1.82) is 0 Å². The van der Waals surface area contributed by atoms with Gasteiger partial charge in [-0.3, -0.25) is 14.9 Å². The summed E-state index contributed by atoms with van der Waals surface area (Å²) in [6, 6.07) is 5.92. The van der Waals surface area contributed by atoms with E-state index in [9.17, 15) is 19.5 Å². The lowest BCUT2D eigenvalue weighted by Crippen LogP contribution is -2.43. The van der Waals surface area contributed by atoms with Crippen LogP contribution in [0.4, 0.5) is 0 Å². The van der Waals surface area contributed by atoms with Gasteiger partial charge in [0.05, 0.1) is 6.61 Å². The molecule has 1 aromatic carbocycles. The van der Waals surface area contributed by atoms with E-state index in [-0.39, 0.29) is 12.8 Å². The molecule has 5 N–H and O–H groups in total. The highest BCUT2D eigenvalue weighted by Crippen LogP contribution is 2.14. The molecule has 0 aromatic heterocycles. The SMILES string of the molecule is NC(=O)c1ccc(OCCCCCCCCCCC(O)N[C@@H](CCC=O)C(=O)O)cc1. The van der Waals surface area contributed by atoms with Crippen molar-refractivity contribution in [3.8, 4) is 5.75 Å². The highest BCUT2D eigenvalue weighted by molar-refractivity contribution is 5.92. The molecule has 1 amide bonds. The number of amides is 1. The summed E-state index contributed by atoms with van der Waals surface area (Å²) in [4.78, 5) is 32.5. The number of carboxylic acid groups (broad SMARTS) is 1. The summed E-state index contributed by atoms with van der Waals surface area (Å²) in [7, 11) is 0. The third-order valence-electron chi connectivity index (χ3n) is 5.04. The maximum atomic E-state index is 11.1. The van der Waals surface area contributed by atoms with Gasteiger partial charge in [-0.2, -0.15) is 0 Å². The third-order valence-corrected chi connectivity index (χ3v) is 5.04. The van der Waals surface area contributed by atoms with Gasteiger partial charge in [-0.1, -0.05) is 38.5 Å². The Morgan fingerprint density at radius 2 is 1.55 bits per heavy atom. The van der Waals surface area contributed by atoms with Gasteiger partial charge >= 0.3 is 5.97 Å². The van der Waals surface area contributed by atoms with Gasteiger partial charge in [0.2, 0.25) is 5.91 Å². The molecule has 8 heteroatoms. The second-order valence-corrected chi connectivity index (χ2v) is 7.67. The van der Waals surface area contributed by atoms with Crippen LogP contribution in [0.3, 0.4) is 0 Å². The summed E-state index contributed by atoms with van der Waals surface area (Å²) >= 11 is 0. The molecule has 0 saturated carbocycles. The normalized spacial score (nSPS) is 12.8. The fraction of sp³-hybridized carbons (Fsp3) is 0.609. The zero-order chi connectivity index (χ0) is 22.9. The number of aliphatic carboxylic acids is 1. The van der Waals surface area contributed by atoms with Crippen LogP contribution in [-0.4, -0.2) is 47.3 Å². The molecule has 1 rings (SSSR count). The van der Waals surface area contributed by atoms with Gasteiger partial charge in [-0.15, -0.1) is 0 Å². The lowest BCUT2D eigenvalue weighted by molar-refractivity contribution is -0.140. The number of unbranched alkanes of at least 4 members (excludes halogenated alkanes) is 7. The van der Waals surface area contributed by atoms with Gasteiger partial charge in [0, 0.05) is 12.0 Å². The van der Waals surface area contributed by atoms with Gasteiger partial charge in [-0.25, -0.2) is 0 Å². The maximum absolute atomic E-state index is 11.1. The number of ether oxygens (including phenoxy) is 1. The van der Waals surface area contributed by atoms with E-state index in [0.29, 0.717) is 24.9 Å². The van der Waals surface area contributed by atoms with Crippen molar-refractivity contribution in [1.82, 2.24) is 5.32 Å². The quantitative estimate of drug-likeness (QED) is 0.148. The van der Waals surface area contributed by atoms with Crippen LogP contribution in [0.5, 0.6) is 5.75 Å². The minimum absolute atomic E-state index is 0.160. The summed E-state index contributed by atoms with van der Waals surface area (Å²) < 4.78 is 5.65. The van der Waals surface area contributed by atoms with E-state index < -0.39 is 24.1 Å². The van der Waals surface area contributed by atoms with Crippen LogP contribution in [0, 0.1) is 0 Å². The predicted octanol–water partition coefficient (Wildman–Crippen LogP) is 3.02. The fourth-order valence-electron chi connectivity index (χ4n) is 3.23. The molecule has 0 saturated heterocycles. The van der Waals surface area contributed by atoms with Crippen molar-refractivity contribution in [3.05, 3.63) is 29.8 Å². The van der Waals surface area contributed by atoms with Gasteiger partial charge in [-0.05, 0) is 49.9 Å². The highest BCUT2D eigenvalue weighted by atomic mass is 16.5. The minimum Gasteiger partial charge on any atom is -0.494 e. The monoisotopic (exact) mass is 436 g/mol. The van der Waals surface area contributed by atoms with Gasteiger partial charge < -0.3 is 25.5 Å². The van der Waals surface area contributed by atoms with Crippen LogP contribution in [0.25, 0.3) is 0 Å². The Kier molecular flexibility index (Phi) is 14.0. The topological polar surface area (TPSA) is 139 Å². The Hall–Kier alpha value is -2.45. The van der Waals surface area contributed by atoms with Gasteiger partial charge in [0.25, 0.3) is 0 Å². The number of nitrogens with one attached hydrogen (secondary N) is 1. The first-order valence-electron chi connectivity index (χ1n) is 11.1. The minimum atomic E-state index is -1.05. The number of rotatable bonds is 19. The molecule has 8 nitrogen and oxygen atoms in total. The Labute approximate surface area is 184 Å². The van der Waals surface area contributed by atoms with Crippen molar-refractivity contribution >= 4 is 18.2 Å². The molecule has 2 atom stereocenters. The molecule has 0 radical (unpaired) electrons. The van der Waals surface area contributed by atoms with E-state index in [4.69, 9.17) is 15.6 Å². The lowest BCUT2D eigenvalue weighted by Gasteiger charge is -2.18. The highest BCUT2D eigenvalue weighted by Gasteiger charge is 2.19. The van der Waals surface area contributed by atoms with E-state index in [0.717, 1.165) is 57.1 Å². The molecule has 0 bridgehead atoms. The molecule has 0 spiro atoms. The lowest BCUT2D eigenvalue weighted by atomic mass is 10.1. The Morgan fingerprint density at radius 3 is 2.10 bits per heavy atom. The Morgan fingerprint density at radius 1 is 0.968 bits per heavy atom. The molecule has 1 aromatic rings. The van der Waals surface area contributed by atoms with Crippen molar-refractivity contribution in [2.75, 3.05) is 6.61 Å². The van der Waals surface area contributed by atoms with Crippen molar-refractivity contribution in [2.24, 2.45) is 5.73 Å². The molecular weight excluding hydrogens is 400 g/mol. The zero-order valence-corrected chi connectivity index (χ0v) is 18.1. The average molecular weight is 437 g/mol. The summed E-state index contributed by atoms with van der Waals surface area (Å²) in [5.41, 5.74) is 5.67. The molecule has 174 valence electrons. The first-order chi connectivity index (χ1) is 14.9. The summed E-state index contributed by atoms with van der Waals surface area (Å²) in [5.74, 6) is -0.760. The molecular formula is C23H36N2O6. The van der Waals surface area contributed by atoms with Crippen molar-refractivity contribution in [2.45, 2.75) is 82.9 Å². The molecule has 0 aliphatic heterocycles. The number of hydrogen-bond acceptors (Lipinski definition) is 6. The number of carboxylic acids is 1. The largest absolute Gasteiger partial charge is 0.494 e. The summed E-state index contributed by atoms with van der Waals surface area (Å²) in [6.07, 6.45) is 9.08. The number of carbonyl (C=O) groups excluding carboxylic acids is 2. The predicted molar refractivity (Wildman–Crippen MR) is 118 cm³/mol. The van der Waals surface area contributed by atoms with E-state index in [1.165, 1.54) is 0 Å². The first-order valence-corrected chi connectivity index (χ1v) is 11.1. The van der Waals surface area contributed by atoms with E-state index >= 15 is 0 Å². The molecule has 31 heavy (non-hydrogen) atoms. The first kappa shape index (κ1) is 26.6. The van der Waals surface area contributed by atoms with E-state index in [1.807, 2.05) is 0 Å². The Bertz CT molecular complexity index is 650. The number of hydrogen-bond donors (Lipinski definition) is 4. The molecule has 1 unspecified atom stereocenters. The third kappa shape index (κ3) is 12.8. The number of aliphatic hydroxyl groups excluding tert-OH is 1. The fourth-order valence-corrected chi connectivity index (χ4v) is 3.23. The van der Waals surface area contributed by atoms with E-state index in [2.05, 4.69) is 5.32 Å². The maximum Gasteiger partial charge on any atom is 0.320 e. The summed E-state index contributed by atoms with van der Waals surface area (Å²) in [5, 5.41) is 21.7. The zero-order valence-electron chi connectivity index (χ0n) is 18.1. The second-order valence-electron chi connectivity index (χ2n) is 7.67. The number of nitrogens with two attached hydrogens (primary N) is 1. The van der Waals surface area contributed by atoms with Crippen LogP contribution < -0.4 is 15.8 Å². The summed E-state index contributed by atoms with van der Waals surface area (Å²) in [6.45, 7) is 0.644. The molecule has 0 aliphatic carbocycles. The number of carbonyl (C=O) groups is 3. The molecule has 0 heterocycles. The van der Waals surface area contributed by atoms with Crippen LogP contribution in [0.1, 0.15) is 81.0 Å². The van der Waals surface area contributed by atoms with Crippen LogP contribution >= 0.6 is 0 Å². The van der Waals surface area contributed by atoms with Gasteiger partial charge in [0.15, 0.2) is 0 Å². The molecule has 0 aliphatic rings. The van der Waals surface area contributed by atoms with Crippen LogP contribution in [0.15, 0.2) is 24.3 Å².